The van der Waals surface area contributed by atoms with Crippen molar-refractivity contribution in [3.63, 3.8) is 0 Å². The molecule has 2 aliphatic rings. The van der Waals surface area contributed by atoms with Crippen LogP contribution in [0.5, 0.6) is 0 Å². The zero-order valence-corrected chi connectivity index (χ0v) is 26.9. The summed E-state index contributed by atoms with van der Waals surface area (Å²) >= 11 is 0. The van der Waals surface area contributed by atoms with E-state index in [1.807, 2.05) is 0 Å². The Morgan fingerprint density at radius 3 is 1.30 bits per heavy atom. The van der Waals surface area contributed by atoms with Gasteiger partial charge in [-0.2, -0.15) is 0 Å². The fourth-order valence-electron chi connectivity index (χ4n) is 7.30. The first-order valence-electron chi connectivity index (χ1n) is 14.3. The van der Waals surface area contributed by atoms with E-state index < -0.39 is 81.1 Å². The van der Waals surface area contributed by atoms with Gasteiger partial charge in [-0.25, -0.2) is 0 Å². The molecule has 2 aliphatic heterocycles. The lowest BCUT2D eigenvalue weighted by Gasteiger charge is -2.50. The van der Waals surface area contributed by atoms with Crippen LogP contribution in [-0.4, -0.2) is 101 Å². The standard InChI is InChI=1S/C30H46O14/c1-9-25(2,19(31)32)10-29(23(37)41-7)14-30(18-44-17-29,24(38)42-8)12-26(3,20(33)34)11-28(22(36)40-6)13-27(4,15-43-16-28)21(35)39-5/h9-18H2,1-8H3,(H,31,32)(H,33,34). The number of carboxylic acid groups (broad SMARTS) is 2. The SMILES string of the molecule is CCC(C)(CC1(C(=O)OC)COCC(CC(C)(CC2(C(=O)OC)COCC(C)(C(=O)OC)C2)C(=O)O)(C(=O)OC)C1)C(=O)O. The third kappa shape index (κ3) is 6.85. The van der Waals surface area contributed by atoms with Crippen molar-refractivity contribution >= 4 is 35.8 Å². The number of carbonyl (C=O) groups is 6. The van der Waals surface area contributed by atoms with Gasteiger partial charge in [-0.3, -0.25) is 28.8 Å². The van der Waals surface area contributed by atoms with Crippen LogP contribution in [0.2, 0.25) is 0 Å². The Hall–Kier alpha value is -3.26. The molecule has 0 radical (unpaired) electrons. The Morgan fingerprint density at radius 1 is 0.614 bits per heavy atom. The molecular weight excluding hydrogens is 584 g/mol. The van der Waals surface area contributed by atoms with Gasteiger partial charge in [-0.05, 0) is 59.3 Å². The van der Waals surface area contributed by atoms with Gasteiger partial charge in [0.05, 0.1) is 87.4 Å². The summed E-state index contributed by atoms with van der Waals surface area (Å²) in [5, 5.41) is 20.7. The van der Waals surface area contributed by atoms with Crippen LogP contribution >= 0.6 is 0 Å². The van der Waals surface area contributed by atoms with E-state index in [2.05, 4.69) is 0 Å². The van der Waals surface area contributed by atoms with Crippen molar-refractivity contribution in [2.24, 2.45) is 32.5 Å². The van der Waals surface area contributed by atoms with E-state index in [1.165, 1.54) is 27.9 Å². The summed E-state index contributed by atoms with van der Waals surface area (Å²) in [6.45, 7) is 5.03. The van der Waals surface area contributed by atoms with Crippen LogP contribution < -0.4 is 0 Å². The third-order valence-corrected chi connectivity index (χ3v) is 9.49. The summed E-state index contributed by atoms with van der Waals surface area (Å²) in [6.07, 6.45) is -1.54. The van der Waals surface area contributed by atoms with Gasteiger partial charge < -0.3 is 38.6 Å². The molecule has 0 aromatic carbocycles. The van der Waals surface area contributed by atoms with Crippen molar-refractivity contribution in [1.29, 1.82) is 0 Å². The summed E-state index contributed by atoms with van der Waals surface area (Å²) in [6, 6.07) is 0. The van der Waals surface area contributed by atoms with Gasteiger partial charge in [0.1, 0.15) is 0 Å². The summed E-state index contributed by atoms with van der Waals surface area (Å²) in [4.78, 5) is 78.4. The fraction of sp³-hybridized carbons (Fsp3) is 0.800. The van der Waals surface area contributed by atoms with Gasteiger partial charge in [-0.15, -0.1) is 0 Å². The molecule has 0 amide bonds. The molecule has 2 saturated heterocycles. The van der Waals surface area contributed by atoms with Crippen LogP contribution in [-0.2, 0) is 57.2 Å². The van der Waals surface area contributed by atoms with Gasteiger partial charge in [0.2, 0.25) is 0 Å². The highest BCUT2D eigenvalue weighted by molar-refractivity contribution is 5.86. The van der Waals surface area contributed by atoms with Crippen molar-refractivity contribution in [2.75, 3.05) is 54.9 Å². The minimum atomic E-state index is -1.89. The Kier molecular flexibility index (Phi) is 11.2. The molecule has 250 valence electrons. The number of rotatable bonds is 13. The second-order valence-corrected chi connectivity index (χ2v) is 13.3. The predicted molar refractivity (Wildman–Crippen MR) is 150 cm³/mol. The lowest BCUT2D eigenvalue weighted by Crippen LogP contribution is -2.57. The molecule has 2 fully saturated rings. The Bertz CT molecular complexity index is 1150. The third-order valence-electron chi connectivity index (χ3n) is 9.49. The molecule has 6 unspecified atom stereocenters. The maximum Gasteiger partial charge on any atom is 0.314 e. The van der Waals surface area contributed by atoms with Crippen LogP contribution in [0.3, 0.4) is 0 Å². The lowest BCUT2D eigenvalue weighted by molar-refractivity contribution is -0.197. The number of carboxylic acids is 2. The zero-order chi connectivity index (χ0) is 33.8. The van der Waals surface area contributed by atoms with Crippen molar-refractivity contribution in [3.05, 3.63) is 0 Å². The summed E-state index contributed by atoms with van der Waals surface area (Å²) < 4.78 is 31.8. The minimum absolute atomic E-state index is 0.0798. The number of carbonyl (C=O) groups excluding carboxylic acids is 4. The minimum Gasteiger partial charge on any atom is -0.481 e. The second kappa shape index (κ2) is 13.4. The van der Waals surface area contributed by atoms with E-state index in [0.717, 1.165) is 21.3 Å². The quantitative estimate of drug-likeness (QED) is 0.222. The molecule has 0 aromatic rings. The molecular formula is C30H46O14. The van der Waals surface area contributed by atoms with Crippen LogP contribution in [0.25, 0.3) is 0 Å². The van der Waals surface area contributed by atoms with E-state index in [4.69, 9.17) is 28.4 Å². The van der Waals surface area contributed by atoms with Crippen molar-refractivity contribution in [3.8, 4) is 0 Å². The number of esters is 4. The first-order chi connectivity index (χ1) is 20.3. The molecule has 2 N–H and O–H groups in total. The highest BCUT2D eigenvalue weighted by Crippen LogP contribution is 2.56. The topological polar surface area (TPSA) is 198 Å². The molecule has 0 bridgehead atoms. The van der Waals surface area contributed by atoms with Crippen molar-refractivity contribution in [2.45, 2.75) is 66.2 Å². The van der Waals surface area contributed by atoms with E-state index in [-0.39, 0.29) is 52.1 Å². The Morgan fingerprint density at radius 2 is 0.955 bits per heavy atom. The number of aliphatic carboxylic acids is 2. The summed E-state index contributed by atoms with van der Waals surface area (Å²) in [5.74, 6) is -5.71. The molecule has 0 aromatic heterocycles. The first kappa shape index (κ1) is 36.9. The maximum atomic E-state index is 13.6. The molecule has 6 atom stereocenters. The summed E-state index contributed by atoms with van der Waals surface area (Å²) in [5.41, 5.74) is -9.68. The van der Waals surface area contributed by atoms with E-state index in [9.17, 15) is 39.0 Å². The molecule has 44 heavy (non-hydrogen) atoms. The zero-order valence-electron chi connectivity index (χ0n) is 26.9. The molecule has 0 aliphatic carbocycles. The van der Waals surface area contributed by atoms with Crippen molar-refractivity contribution in [1.82, 2.24) is 0 Å². The Labute approximate surface area is 257 Å². The second-order valence-electron chi connectivity index (χ2n) is 13.3. The lowest BCUT2D eigenvalue weighted by atomic mass is 9.56. The predicted octanol–water partition coefficient (Wildman–Crippen LogP) is 2.25. The summed E-state index contributed by atoms with van der Waals surface area (Å²) in [7, 11) is 4.56. The largest absolute Gasteiger partial charge is 0.481 e. The van der Waals surface area contributed by atoms with Crippen LogP contribution in [0, 0.1) is 32.5 Å². The molecule has 0 saturated carbocycles. The molecule has 14 heteroatoms. The van der Waals surface area contributed by atoms with Gasteiger partial charge >= 0.3 is 35.8 Å². The monoisotopic (exact) mass is 630 g/mol. The molecule has 0 spiro atoms. The average molecular weight is 631 g/mol. The Balaban J connectivity index is 2.70. The number of hydrogen-bond acceptors (Lipinski definition) is 12. The normalized spacial score (nSPS) is 31.4. The first-order valence-corrected chi connectivity index (χ1v) is 14.3. The van der Waals surface area contributed by atoms with Crippen molar-refractivity contribution < 1.29 is 67.4 Å². The molecule has 2 heterocycles. The van der Waals surface area contributed by atoms with Gasteiger partial charge in [0, 0.05) is 0 Å². The highest BCUT2D eigenvalue weighted by Gasteiger charge is 2.63. The average Bonchev–Trinajstić information content (AvgIpc) is 2.98. The molecule has 2 rings (SSSR count). The molecule has 14 nitrogen and oxygen atoms in total. The number of hydrogen-bond donors (Lipinski definition) is 2. The number of methoxy groups -OCH3 is 4. The van der Waals surface area contributed by atoms with Crippen LogP contribution in [0.15, 0.2) is 0 Å². The number of ether oxygens (including phenoxy) is 6. The maximum absolute atomic E-state index is 13.6. The van der Waals surface area contributed by atoms with Gasteiger partial charge in [0.15, 0.2) is 0 Å². The van der Waals surface area contributed by atoms with E-state index in [0.29, 0.717) is 0 Å². The smallest absolute Gasteiger partial charge is 0.314 e. The van der Waals surface area contributed by atoms with Crippen LogP contribution in [0.1, 0.15) is 66.2 Å². The van der Waals surface area contributed by atoms with E-state index >= 15 is 0 Å². The van der Waals surface area contributed by atoms with Gasteiger partial charge in [0.25, 0.3) is 0 Å². The van der Waals surface area contributed by atoms with E-state index in [1.54, 1.807) is 6.92 Å². The van der Waals surface area contributed by atoms with Gasteiger partial charge in [-0.1, -0.05) is 6.92 Å². The highest BCUT2D eigenvalue weighted by atomic mass is 16.5. The van der Waals surface area contributed by atoms with Crippen LogP contribution in [0.4, 0.5) is 0 Å². The fourth-order valence-corrected chi connectivity index (χ4v) is 7.30.